The van der Waals surface area contributed by atoms with E-state index in [0.717, 1.165) is 63.8 Å². The second kappa shape index (κ2) is 11.1. The van der Waals surface area contributed by atoms with Crippen LogP contribution in [0.2, 0.25) is 0 Å². The summed E-state index contributed by atoms with van der Waals surface area (Å²) in [6.07, 6.45) is 2.28. The first-order chi connectivity index (χ1) is 16.2. The second-order valence-electron chi connectivity index (χ2n) is 8.06. The average molecular weight is 458 g/mol. The average Bonchev–Trinajstić information content (AvgIpc) is 2.87. The van der Waals surface area contributed by atoms with Crippen LogP contribution in [0.25, 0.3) is 0 Å². The number of ether oxygens (including phenoxy) is 2. The lowest BCUT2D eigenvalue weighted by molar-refractivity contribution is -0.383. The predicted octanol–water partition coefficient (Wildman–Crippen LogP) is 1.85. The van der Waals surface area contributed by atoms with Gasteiger partial charge < -0.3 is 24.6 Å². The number of benzene rings is 1. The summed E-state index contributed by atoms with van der Waals surface area (Å²) in [6.45, 7) is 7.70. The van der Waals surface area contributed by atoms with Gasteiger partial charge in [-0.25, -0.2) is 9.97 Å². The van der Waals surface area contributed by atoms with Gasteiger partial charge in [-0.1, -0.05) is 0 Å². The Morgan fingerprint density at radius 2 is 1.76 bits per heavy atom. The fourth-order valence-corrected chi connectivity index (χ4v) is 4.20. The Morgan fingerprint density at radius 1 is 1.06 bits per heavy atom. The fourth-order valence-electron chi connectivity index (χ4n) is 4.20. The van der Waals surface area contributed by atoms with Crippen molar-refractivity contribution in [2.45, 2.75) is 6.42 Å². The first-order valence-corrected chi connectivity index (χ1v) is 11.3. The molecule has 1 N–H and O–H groups in total. The van der Waals surface area contributed by atoms with Crippen LogP contribution in [0.1, 0.15) is 6.42 Å². The van der Waals surface area contributed by atoms with Crippen molar-refractivity contribution in [3.63, 3.8) is 0 Å². The third-order valence-corrected chi connectivity index (χ3v) is 6.05. The molecule has 0 unspecified atom stereocenters. The summed E-state index contributed by atoms with van der Waals surface area (Å²) in [7, 11) is 1.65. The smallest absolute Gasteiger partial charge is 0.353 e. The third-order valence-electron chi connectivity index (χ3n) is 6.05. The van der Waals surface area contributed by atoms with Gasteiger partial charge in [0.05, 0.1) is 25.2 Å². The minimum absolute atomic E-state index is 0.0539. The lowest BCUT2D eigenvalue weighted by Gasteiger charge is -2.36. The second-order valence-corrected chi connectivity index (χ2v) is 8.06. The molecule has 0 amide bonds. The Bertz CT molecular complexity index is 913. The van der Waals surface area contributed by atoms with Crippen LogP contribution in [0.4, 0.5) is 23.0 Å². The molecule has 4 rings (SSSR count). The zero-order chi connectivity index (χ0) is 23.0. The van der Waals surface area contributed by atoms with E-state index in [1.165, 1.54) is 6.33 Å². The van der Waals surface area contributed by atoms with E-state index in [4.69, 9.17) is 9.47 Å². The van der Waals surface area contributed by atoms with Crippen LogP contribution >= 0.6 is 0 Å². The van der Waals surface area contributed by atoms with E-state index in [-0.39, 0.29) is 16.4 Å². The van der Waals surface area contributed by atoms with Crippen LogP contribution < -0.4 is 19.9 Å². The van der Waals surface area contributed by atoms with Crippen molar-refractivity contribution in [3.05, 3.63) is 40.7 Å². The van der Waals surface area contributed by atoms with E-state index in [1.807, 2.05) is 29.2 Å². The molecule has 2 aliphatic heterocycles. The Hall–Kier alpha value is -3.18. The highest BCUT2D eigenvalue weighted by Gasteiger charge is 2.29. The van der Waals surface area contributed by atoms with E-state index in [0.29, 0.717) is 25.5 Å². The van der Waals surface area contributed by atoms with Crippen LogP contribution in [0, 0.1) is 10.1 Å². The highest BCUT2D eigenvalue weighted by Crippen LogP contribution is 2.32. The third kappa shape index (κ3) is 5.79. The summed E-state index contributed by atoms with van der Waals surface area (Å²) in [4.78, 5) is 26.6. The van der Waals surface area contributed by atoms with Crippen LogP contribution in [0.15, 0.2) is 30.6 Å². The Kier molecular flexibility index (Phi) is 7.74. The molecular formula is C22H31N7O4. The summed E-state index contributed by atoms with van der Waals surface area (Å²) in [6, 6.07) is 7.93. The zero-order valence-corrected chi connectivity index (χ0v) is 19.0. The standard InChI is InChI=1S/C22H31N7O4/c1-32-19-5-3-18(4-6-19)27-9-11-28(12-10-27)22-20(29(30)31)21(24-17-25-22)23-7-2-8-26-13-15-33-16-14-26/h3-6,17H,2,7-16H2,1H3,(H,23,24,25). The van der Waals surface area contributed by atoms with Gasteiger partial charge >= 0.3 is 5.69 Å². The SMILES string of the molecule is COc1ccc(N2CCN(c3ncnc(NCCCN4CCOCC4)c3[N+](=O)[O-])CC2)cc1. The number of piperazine rings is 1. The Labute approximate surface area is 193 Å². The number of anilines is 3. The van der Waals surface area contributed by atoms with E-state index in [1.54, 1.807) is 7.11 Å². The number of nitrogens with zero attached hydrogens (tertiary/aromatic N) is 6. The van der Waals surface area contributed by atoms with Crippen molar-refractivity contribution < 1.29 is 14.4 Å². The molecule has 0 bridgehead atoms. The number of nitro groups is 1. The van der Waals surface area contributed by atoms with Crippen molar-refractivity contribution in [2.75, 3.05) is 87.8 Å². The topological polar surface area (TPSA) is 109 Å². The maximum absolute atomic E-state index is 11.9. The normalized spacial score (nSPS) is 17.1. The van der Waals surface area contributed by atoms with Gasteiger partial charge in [0, 0.05) is 51.5 Å². The van der Waals surface area contributed by atoms with Gasteiger partial charge in [-0.2, -0.15) is 0 Å². The van der Waals surface area contributed by atoms with Crippen molar-refractivity contribution in [2.24, 2.45) is 0 Å². The van der Waals surface area contributed by atoms with Crippen LogP contribution in [0.5, 0.6) is 5.75 Å². The molecular weight excluding hydrogens is 426 g/mol. The molecule has 11 heteroatoms. The van der Waals surface area contributed by atoms with Crippen molar-refractivity contribution in [3.8, 4) is 5.75 Å². The number of nitrogens with one attached hydrogen (secondary N) is 1. The number of morpholine rings is 1. The van der Waals surface area contributed by atoms with Crippen LogP contribution in [-0.2, 0) is 4.74 Å². The number of rotatable bonds is 9. The monoisotopic (exact) mass is 457 g/mol. The van der Waals surface area contributed by atoms with Crippen LogP contribution in [0.3, 0.4) is 0 Å². The molecule has 3 heterocycles. The molecule has 1 aromatic heterocycles. The first-order valence-electron chi connectivity index (χ1n) is 11.3. The molecule has 2 aromatic rings. The molecule has 0 radical (unpaired) electrons. The molecule has 0 spiro atoms. The quantitative estimate of drug-likeness (QED) is 0.340. The molecule has 0 saturated carbocycles. The summed E-state index contributed by atoms with van der Waals surface area (Å²) in [5, 5.41) is 15.1. The maximum atomic E-state index is 11.9. The van der Waals surface area contributed by atoms with Gasteiger partial charge in [-0.3, -0.25) is 15.0 Å². The van der Waals surface area contributed by atoms with E-state index in [2.05, 4.69) is 25.1 Å². The molecule has 178 valence electrons. The van der Waals surface area contributed by atoms with Crippen molar-refractivity contribution in [1.82, 2.24) is 14.9 Å². The van der Waals surface area contributed by atoms with E-state index in [9.17, 15) is 10.1 Å². The summed E-state index contributed by atoms with van der Waals surface area (Å²) in [5.41, 5.74) is 1.05. The van der Waals surface area contributed by atoms with Gasteiger partial charge in [0.25, 0.3) is 0 Å². The molecule has 0 aliphatic carbocycles. The highest BCUT2D eigenvalue weighted by atomic mass is 16.6. The van der Waals surface area contributed by atoms with Crippen LogP contribution in [-0.4, -0.2) is 92.5 Å². The van der Waals surface area contributed by atoms with Gasteiger partial charge in [0.2, 0.25) is 11.6 Å². The van der Waals surface area contributed by atoms with Crippen molar-refractivity contribution >= 4 is 23.0 Å². The van der Waals surface area contributed by atoms with Gasteiger partial charge in [0.1, 0.15) is 12.1 Å². The zero-order valence-electron chi connectivity index (χ0n) is 19.0. The lowest BCUT2D eigenvalue weighted by atomic mass is 10.2. The molecule has 1 aromatic carbocycles. The van der Waals surface area contributed by atoms with E-state index >= 15 is 0 Å². The maximum Gasteiger partial charge on any atom is 0.353 e. The molecule has 0 atom stereocenters. The first kappa shape index (κ1) is 23.0. The minimum Gasteiger partial charge on any atom is -0.497 e. The molecule has 2 saturated heterocycles. The largest absolute Gasteiger partial charge is 0.497 e. The summed E-state index contributed by atoms with van der Waals surface area (Å²) >= 11 is 0. The molecule has 2 aliphatic rings. The number of methoxy groups -OCH3 is 1. The highest BCUT2D eigenvalue weighted by molar-refractivity contribution is 5.70. The summed E-state index contributed by atoms with van der Waals surface area (Å²) < 4.78 is 10.6. The lowest BCUT2D eigenvalue weighted by Crippen LogP contribution is -2.47. The fraction of sp³-hybridized carbons (Fsp3) is 0.545. The Balaban J connectivity index is 1.36. The van der Waals surface area contributed by atoms with Gasteiger partial charge in [-0.05, 0) is 37.2 Å². The van der Waals surface area contributed by atoms with E-state index < -0.39 is 0 Å². The summed E-state index contributed by atoms with van der Waals surface area (Å²) in [5.74, 6) is 1.48. The molecule has 2 fully saturated rings. The van der Waals surface area contributed by atoms with Gasteiger partial charge in [-0.15, -0.1) is 0 Å². The Morgan fingerprint density at radius 3 is 2.42 bits per heavy atom. The molecule has 33 heavy (non-hydrogen) atoms. The molecule has 11 nitrogen and oxygen atoms in total. The number of hydrogen-bond donors (Lipinski definition) is 1. The predicted molar refractivity (Wildman–Crippen MR) is 126 cm³/mol. The number of hydrogen-bond acceptors (Lipinski definition) is 10. The minimum atomic E-state index is -0.379. The van der Waals surface area contributed by atoms with Crippen molar-refractivity contribution in [1.29, 1.82) is 0 Å². The number of aromatic nitrogens is 2. The van der Waals surface area contributed by atoms with Gasteiger partial charge in [0.15, 0.2) is 0 Å².